The van der Waals surface area contributed by atoms with Gasteiger partial charge in [0.15, 0.2) is 0 Å². The summed E-state index contributed by atoms with van der Waals surface area (Å²) in [6.45, 7) is 6.59. The van der Waals surface area contributed by atoms with E-state index in [0.717, 1.165) is 24.8 Å². The van der Waals surface area contributed by atoms with E-state index in [9.17, 15) is 9.18 Å². The molecule has 2 rings (SSSR count). The summed E-state index contributed by atoms with van der Waals surface area (Å²) in [7, 11) is 0. The molecule has 1 aromatic carbocycles. The quantitative estimate of drug-likeness (QED) is 0.895. The summed E-state index contributed by atoms with van der Waals surface area (Å²) in [4.78, 5) is 12.6. The highest BCUT2D eigenvalue weighted by atomic mass is 19.1. The third-order valence-electron chi connectivity index (χ3n) is 4.53. The zero-order valence-corrected chi connectivity index (χ0v) is 13.1. The number of hydrogen-bond acceptors (Lipinski definition) is 2. The van der Waals surface area contributed by atoms with Crippen LogP contribution in [0, 0.1) is 16.6 Å². The Hall–Kier alpha value is -1.42. The fourth-order valence-electron chi connectivity index (χ4n) is 2.87. The second kappa shape index (κ2) is 5.76. The first-order valence-electron chi connectivity index (χ1n) is 7.55. The van der Waals surface area contributed by atoms with Crippen LogP contribution in [0.1, 0.15) is 51.6 Å². The summed E-state index contributed by atoms with van der Waals surface area (Å²) in [6.07, 6.45) is 2.77. The molecule has 1 aliphatic rings. The van der Waals surface area contributed by atoms with E-state index < -0.39 is 5.41 Å². The fourth-order valence-corrected chi connectivity index (χ4v) is 2.87. The van der Waals surface area contributed by atoms with Gasteiger partial charge in [-0.3, -0.25) is 4.79 Å². The topological polar surface area (TPSA) is 55.1 Å². The Morgan fingerprint density at radius 2 is 1.90 bits per heavy atom. The van der Waals surface area contributed by atoms with Crippen LogP contribution in [-0.2, 0) is 4.79 Å². The van der Waals surface area contributed by atoms with E-state index in [4.69, 9.17) is 5.73 Å². The first-order valence-corrected chi connectivity index (χ1v) is 7.55. The normalized spacial score (nSPS) is 18.7. The van der Waals surface area contributed by atoms with Crippen LogP contribution in [0.25, 0.3) is 0 Å². The zero-order valence-electron chi connectivity index (χ0n) is 13.1. The molecule has 1 aromatic rings. The van der Waals surface area contributed by atoms with Crippen LogP contribution in [0.2, 0.25) is 0 Å². The maximum absolute atomic E-state index is 13.1. The minimum absolute atomic E-state index is 0.0282. The third kappa shape index (κ3) is 3.26. The van der Waals surface area contributed by atoms with Crippen LogP contribution in [0.4, 0.5) is 4.39 Å². The van der Waals surface area contributed by atoms with E-state index in [1.54, 1.807) is 12.1 Å². The molecule has 116 valence electrons. The van der Waals surface area contributed by atoms with Gasteiger partial charge in [0, 0.05) is 6.54 Å². The Morgan fingerprint density at radius 1 is 1.33 bits per heavy atom. The maximum atomic E-state index is 13.1. The molecule has 1 amide bonds. The van der Waals surface area contributed by atoms with Crippen LogP contribution >= 0.6 is 0 Å². The van der Waals surface area contributed by atoms with Gasteiger partial charge in [-0.25, -0.2) is 4.39 Å². The van der Waals surface area contributed by atoms with Crippen molar-refractivity contribution in [2.75, 3.05) is 6.54 Å². The number of halogens is 1. The van der Waals surface area contributed by atoms with Crippen LogP contribution in [0.3, 0.4) is 0 Å². The standard InChI is InChI=1S/C17H25FN2O/c1-16(2,3)14(12-5-7-13(18)8-6-12)20-15(21)17(11-19)9-4-10-17/h5-8,14H,4,9-11,19H2,1-3H3,(H,20,21). The van der Waals surface area contributed by atoms with Crippen molar-refractivity contribution in [2.24, 2.45) is 16.6 Å². The first-order chi connectivity index (χ1) is 9.78. The zero-order chi connectivity index (χ0) is 15.7. The number of nitrogens with two attached hydrogens (primary N) is 1. The maximum Gasteiger partial charge on any atom is 0.227 e. The number of carbonyl (C=O) groups excluding carboxylic acids is 1. The van der Waals surface area contributed by atoms with Gasteiger partial charge >= 0.3 is 0 Å². The lowest BCUT2D eigenvalue weighted by atomic mass is 9.67. The van der Waals surface area contributed by atoms with Crippen molar-refractivity contribution in [1.29, 1.82) is 0 Å². The SMILES string of the molecule is CC(C)(C)C(NC(=O)C1(CN)CCC1)c1ccc(F)cc1. The number of rotatable bonds is 4. The average molecular weight is 292 g/mol. The molecule has 1 atom stereocenters. The van der Waals surface area contributed by atoms with Crippen LogP contribution in [0.5, 0.6) is 0 Å². The van der Waals surface area contributed by atoms with Gasteiger partial charge in [-0.1, -0.05) is 39.3 Å². The number of amides is 1. The molecule has 0 saturated heterocycles. The molecule has 1 fully saturated rings. The van der Waals surface area contributed by atoms with Gasteiger partial charge < -0.3 is 11.1 Å². The average Bonchev–Trinajstić information content (AvgIpc) is 2.35. The highest BCUT2D eigenvalue weighted by Crippen LogP contribution is 2.42. The molecule has 3 nitrogen and oxygen atoms in total. The van der Waals surface area contributed by atoms with Crippen molar-refractivity contribution in [3.8, 4) is 0 Å². The van der Waals surface area contributed by atoms with Crippen LogP contribution in [-0.4, -0.2) is 12.5 Å². The summed E-state index contributed by atoms with van der Waals surface area (Å²) in [5.41, 5.74) is 6.16. The van der Waals surface area contributed by atoms with Gasteiger partial charge in [-0.15, -0.1) is 0 Å². The second-order valence-corrected chi connectivity index (χ2v) is 7.16. The van der Waals surface area contributed by atoms with Crippen molar-refractivity contribution in [2.45, 2.75) is 46.1 Å². The Bertz CT molecular complexity index is 495. The smallest absolute Gasteiger partial charge is 0.227 e. The van der Waals surface area contributed by atoms with E-state index in [0.29, 0.717) is 6.54 Å². The van der Waals surface area contributed by atoms with Crippen LogP contribution < -0.4 is 11.1 Å². The lowest BCUT2D eigenvalue weighted by Crippen LogP contribution is -2.52. The molecule has 0 aromatic heterocycles. The highest BCUT2D eigenvalue weighted by molar-refractivity contribution is 5.84. The predicted molar refractivity (Wildman–Crippen MR) is 82.1 cm³/mol. The minimum atomic E-state index is -0.399. The number of carbonyl (C=O) groups is 1. The summed E-state index contributed by atoms with van der Waals surface area (Å²) >= 11 is 0. The Morgan fingerprint density at radius 3 is 2.29 bits per heavy atom. The second-order valence-electron chi connectivity index (χ2n) is 7.16. The predicted octanol–water partition coefficient (Wildman–Crippen LogP) is 3.16. The Balaban J connectivity index is 2.22. The molecule has 1 unspecified atom stereocenters. The van der Waals surface area contributed by atoms with Gasteiger partial charge in [-0.05, 0) is 36.0 Å². The molecular formula is C17H25FN2O. The first kappa shape index (κ1) is 16.0. The van der Waals surface area contributed by atoms with Gasteiger partial charge in [0.25, 0.3) is 0 Å². The van der Waals surface area contributed by atoms with E-state index >= 15 is 0 Å². The largest absolute Gasteiger partial charge is 0.348 e. The van der Waals surface area contributed by atoms with Gasteiger partial charge in [0.1, 0.15) is 5.82 Å². The van der Waals surface area contributed by atoms with Crippen molar-refractivity contribution >= 4 is 5.91 Å². The molecule has 0 bridgehead atoms. The minimum Gasteiger partial charge on any atom is -0.348 e. The van der Waals surface area contributed by atoms with Crippen molar-refractivity contribution < 1.29 is 9.18 Å². The van der Waals surface area contributed by atoms with E-state index in [2.05, 4.69) is 26.1 Å². The Kier molecular flexibility index (Phi) is 4.38. The van der Waals surface area contributed by atoms with E-state index in [1.165, 1.54) is 12.1 Å². The highest BCUT2D eigenvalue weighted by Gasteiger charge is 2.44. The molecule has 3 N–H and O–H groups in total. The molecule has 0 heterocycles. The van der Waals surface area contributed by atoms with Crippen molar-refractivity contribution in [3.05, 3.63) is 35.6 Å². The monoisotopic (exact) mass is 292 g/mol. The summed E-state index contributed by atoms with van der Waals surface area (Å²) < 4.78 is 13.1. The summed E-state index contributed by atoms with van der Waals surface area (Å²) in [5, 5.41) is 3.15. The van der Waals surface area contributed by atoms with Gasteiger partial charge in [-0.2, -0.15) is 0 Å². The lowest BCUT2D eigenvalue weighted by Gasteiger charge is -2.42. The van der Waals surface area contributed by atoms with Crippen molar-refractivity contribution in [1.82, 2.24) is 5.32 Å². The number of nitrogens with one attached hydrogen (secondary N) is 1. The van der Waals surface area contributed by atoms with E-state index in [-0.39, 0.29) is 23.2 Å². The molecule has 1 aliphatic carbocycles. The third-order valence-corrected chi connectivity index (χ3v) is 4.53. The number of benzene rings is 1. The van der Waals surface area contributed by atoms with Crippen LogP contribution in [0.15, 0.2) is 24.3 Å². The van der Waals surface area contributed by atoms with Gasteiger partial charge in [0.2, 0.25) is 5.91 Å². The summed E-state index contributed by atoms with van der Waals surface area (Å²) in [5.74, 6) is -0.240. The Labute approximate surface area is 126 Å². The molecule has 4 heteroatoms. The fraction of sp³-hybridized carbons (Fsp3) is 0.588. The molecule has 0 aliphatic heterocycles. The molecular weight excluding hydrogens is 267 g/mol. The van der Waals surface area contributed by atoms with Gasteiger partial charge in [0.05, 0.1) is 11.5 Å². The van der Waals surface area contributed by atoms with Crippen molar-refractivity contribution in [3.63, 3.8) is 0 Å². The molecule has 0 spiro atoms. The van der Waals surface area contributed by atoms with E-state index in [1.807, 2.05) is 0 Å². The number of hydrogen-bond donors (Lipinski definition) is 2. The lowest BCUT2D eigenvalue weighted by molar-refractivity contribution is -0.136. The summed E-state index contributed by atoms with van der Waals surface area (Å²) in [6, 6.07) is 6.18. The molecule has 0 radical (unpaired) electrons. The molecule has 21 heavy (non-hydrogen) atoms. The molecule has 1 saturated carbocycles.